The molecule has 10 heteroatoms. The molecule has 6 atom stereocenters. The van der Waals surface area contributed by atoms with Crippen LogP contribution < -0.4 is 0 Å². The van der Waals surface area contributed by atoms with E-state index in [9.17, 15) is 30.0 Å². The number of carbonyl (C=O) groups is 2. The molecule has 43 heavy (non-hydrogen) atoms. The van der Waals surface area contributed by atoms with Gasteiger partial charge in [0.05, 0.1) is 13.2 Å². The van der Waals surface area contributed by atoms with Crippen molar-refractivity contribution in [2.75, 3.05) is 19.8 Å². The third kappa shape index (κ3) is 19.0. The Morgan fingerprint density at radius 3 is 1.60 bits per heavy atom. The molecule has 254 valence electrons. The summed E-state index contributed by atoms with van der Waals surface area (Å²) in [7, 11) is 0. The first-order valence-corrected chi connectivity index (χ1v) is 17.1. The Kier molecular flexibility index (Phi) is 24.0. The van der Waals surface area contributed by atoms with Crippen LogP contribution in [0.4, 0.5) is 0 Å². The monoisotopic (exact) mass is 618 g/mol. The van der Waals surface area contributed by atoms with Crippen LogP contribution in [0.5, 0.6) is 0 Å². The fraction of sp³-hybridized carbons (Fsp3) is 0.939. The molecule has 0 aromatic carbocycles. The summed E-state index contributed by atoms with van der Waals surface area (Å²) in [6.07, 6.45) is 15.1. The first kappa shape index (κ1) is 39.7. The quantitative estimate of drug-likeness (QED) is 0.0723. The average Bonchev–Trinajstić information content (AvgIpc) is 3.01. The van der Waals surface area contributed by atoms with E-state index in [1.165, 1.54) is 89.9 Å². The molecule has 1 fully saturated rings. The summed E-state index contributed by atoms with van der Waals surface area (Å²) in [4.78, 5) is 24.1. The number of aliphatic hydroxyl groups is 4. The molecule has 6 unspecified atom stereocenters. The lowest BCUT2D eigenvalue weighted by Gasteiger charge is -2.39. The second-order valence-electron chi connectivity index (χ2n) is 11.9. The van der Waals surface area contributed by atoms with Gasteiger partial charge in [-0.2, -0.15) is 0 Å². The van der Waals surface area contributed by atoms with Crippen LogP contribution in [0.2, 0.25) is 0 Å². The lowest BCUT2D eigenvalue weighted by Crippen LogP contribution is -2.59. The second-order valence-corrected chi connectivity index (χ2v) is 11.9. The van der Waals surface area contributed by atoms with Crippen molar-refractivity contribution in [1.29, 1.82) is 0 Å². The molecule has 0 spiro atoms. The van der Waals surface area contributed by atoms with E-state index in [0.29, 0.717) is 6.42 Å². The molecule has 0 radical (unpaired) electrons. The number of carbonyl (C=O) groups excluding carboxylic acids is 2. The summed E-state index contributed by atoms with van der Waals surface area (Å²) in [5, 5.41) is 39.4. The predicted molar refractivity (Wildman–Crippen MR) is 164 cm³/mol. The minimum atomic E-state index is -1.58. The highest BCUT2D eigenvalue weighted by Gasteiger charge is 2.44. The first-order valence-electron chi connectivity index (χ1n) is 17.1. The minimum absolute atomic E-state index is 0.160. The maximum atomic E-state index is 12.4. The van der Waals surface area contributed by atoms with Gasteiger partial charge in [-0.25, -0.2) is 0 Å². The van der Waals surface area contributed by atoms with Crippen molar-refractivity contribution in [1.82, 2.24) is 0 Å². The predicted octanol–water partition coefficient (Wildman–Crippen LogP) is 5.10. The Morgan fingerprint density at radius 2 is 1.14 bits per heavy atom. The highest BCUT2D eigenvalue weighted by atomic mass is 16.7. The number of rotatable bonds is 27. The topological polar surface area (TPSA) is 152 Å². The van der Waals surface area contributed by atoms with E-state index < -0.39 is 55.4 Å². The maximum Gasteiger partial charge on any atom is 0.306 e. The molecule has 1 saturated heterocycles. The van der Waals surface area contributed by atoms with Crippen LogP contribution in [-0.4, -0.2) is 89.0 Å². The molecule has 1 aliphatic rings. The minimum Gasteiger partial charge on any atom is -0.462 e. The van der Waals surface area contributed by atoms with Crippen LogP contribution in [0.25, 0.3) is 0 Å². The normalized spacial score (nSPS) is 22.8. The molecule has 0 saturated carbocycles. The number of hydrogen-bond acceptors (Lipinski definition) is 10. The maximum absolute atomic E-state index is 12.4. The lowest BCUT2D eigenvalue weighted by molar-refractivity contribution is -0.305. The summed E-state index contributed by atoms with van der Waals surface area (Å²) in [6.45, 7) is 2.82. The van der Waals surface area contributed by atoms with Crippen molar-refractivity contribution in [3.8, 4) is 0 Å². The van der Waals surface area contributed by atoms with E-state index >= 15 is 0 Å². The van der Waals surface area contributed by atoms with Crippen molar-refractivity contribution in [3.05, 3.63) is 0 Å². The van der Waals surface area contributed by atoms with Crippen molar-refractivity contribution in [2.24, 2.45) is 0 Å². The molecule has 1 aliphatic heterocycles. The Hall–Kier alpha value is -1.30. The number of aliphatic hydroxyl groups excluding tert-OH is 4. The van der Waals surface area contributed by atoms with Crippen molar-refractivity contribution >= 4 is 11.9 Å². The zero-order valence-electron chi connectivity index (χ0n) is 27.0. The van der Waals surface area contributed by atoms with Crippen LogP contribution in [0.15, 0.2) is 0 Å². The van der Waals surface area contributed by atoms with Gasteiger partial charge in [0.1, 0.15) is 31.0 Å². The van der Waals surface area contributed by atoms with E-state index in [0.717, 1.165) is 19.3 Å². The third-order valence-electron chi connectivity index (χ3n) is 8.05. The fourth-order valence-electron chi connectivity index (χ4n) is 5.23. The molecule has 0 aromatic rings. The van der Waals surface area contributed by atoms with Gasteiger partial charge < -0.3 is 39.4 Å². The lowest BCUT2D eigenvalue weighted by atomic mass is 9.99. The van der Waals surface area contributed by atoms with Gasteiger partial charge in [-0.3, -0.25) is 9.59 Å². The molecule has 0 bridgehead atoms. The molecular weight excluding hydrogens is 556 g/mol. The Bertz CT molecular complexity index is 689. The van der Waals surface area contributed by atoms with Gasteiger partial charge in [0.25, 0.3) is 0 Å². The summed E-state index contributed by atoms with van der Waals surface area (Å²) in [6, 6.07) is 0. The molecule has 0 aromatic heterocycles. The molecular formula is C33H62O10. The Morgan fingerprint density at radius 1 is 0.651 bits per heavy atom. The summed E-state index contributed by atoms with van der Waals surface area (Å²) in [5.74, 6) is -0.899. The standard InChI is InChI=1S/C33H62O10/c1-3-5-6-7-8-9-10-11-12-13-14-15-16-17-18-19-20-21-22-29(36)42-26(24-40-28(35)4-2)25-41-33-32(39)31(38)30(37)27(23-34)43-33/h26-27,30-34,37-39H,3-25H2,1-2H3. The van der Waals surface area contributed by atoms with E-state index in [4.69, 9.17) is 18.9 Å². The Balaban J connectivity index is 2.15. The summed E-state index contributed by atoms with van der Waals surface area (Å²) in [5.41, 5.74) is 0. The number of unbranched alkanes of at least 4 members (excludes halogenated alkanes) is 17. The largest absolute Gasteiger partial charge is 0.462 e. The van der Waals surface area contributed by atoms with E-state index in [2.05, 4.69) is 6.92 Å². The Labute approximate surface area is 259 Å². The van der Waals surface area contributed by atoms with Gasteiger partial charge in [-0.05, 0) is 6.42 Å². The average molecular weight is 619 g/mol. The number of hydrogen-bond donors (Lipinski definition) is 4. The number of ether oxygens (including phenoxy) is 4. The molecule has 1 rings (SSSR count). The van der Waals surface area contributed by atoms with E-state index in [1.54, 1.807) is 6.92 Å². The van der Waals surface area contributed by atoms with Gasteiger partial charge in [-0.15, -0.1) is 0 Å². The summed E-state index contributed by atoms with van der Waals surface area (Å²) >= 11 is 0. The van der Waals surface area contributed by atoms with Gasteiger partial charge in [0, 0.05) is 12.8 Å². The van der Waals surface area contributed by atoms with Crippen molar-refractivity contribution in [3.63, 3.8) is 0 Å². The van der Waals surface area contributed by atoms with E-state index in [1.807, 2.05) is 0 Å². The van der Waals surface area contributed by atoms with Crippen LogP contribution in [0.3, 0.4) is 0 Å². The van der Waals surface area contributed by atoms with Crippen molar-refractivity contribution < 1.29 is 49.0 Å². The zero-order chi connectivity index (χ0) is 31.7. The summed E-state index contributed by atoms with van der Waals surface area (Å²) < 4.78 is 21.4. The van der Waals surface area contributed by atoms with Crippen LogP contribution in [-0.2, 0) is 28.5 Å². The van der Waals surface area contributed by atoms with Gasteiger partial charge in [0.15, 0.2) is 12.4 Å². The van der Waals surface area contributed by atoms with Crippen molar-refractivity contribution in [2.45, 2.75) is 179 Å². The van der Waals surface area contributed by atoms with Crippen LogP contribution >= 0.6 is 0 Å². The molecule has 0 amide bonds. The highest BCUT2D eigenvalue weighted by Crippen LogP contribution is 2.22. The molecule has 0 aliphatic carbocycles. The highest BCUT2D eigenvalue weighted by molar-refractivity contribution is 5.70. The molecule has 10 nitrogen and oxygen atoms in total. The SMILES string of the molecule is CCCCCCCCCCCCCCCCCCCCC(=O)OC(COC(=O)CC)COC1OC(CO)C(O)C(O)C1O. The smallest absolute Gasteiger partial charge is 0.306 e. The van der Waals surface area contributed by atoms with E-state index in [-0.39, 0.29) is 26.1 Å². The van der Waals surface area contributed by atoms with Crippen LogP contribution in [0, 0.1) is 0 Å². The van der Waals surface area contributed by atoms with Gasteiger partial charge >= 0.3 is 11.9 Å². The fourth-order valence-corrected chi connectivity index (χ4v) is 5.23. The zero-order valence-corrected chi connectivity index (χ0v) is 27.0. The molecule has 1 heterocycles. The van der Waals surface area contributed by atoms with Gasteiger partial charge in [-0.1, -0.05) is 123 Å². The number of esters is 2. The van der Waals surface area contributed by atoms with Gasteiger partial charge in [0.2, 0.25) is 0 Å². The first-order chi connectivity index (χ1) is 20.8. The second kappa shape index (κ2) is 26.0. The van der Waals surface area contributed by atoms with Crippen LogP contribution in [0.1, 0.15) is 142 Å². The third-order valence-corrected chi connectivity index (χ3v) is 8.05. The molecule has 4 N–H and O–H groups in total.